The van der Waals surface area contributed by atoms with E-state index >= 15 is 0 Å². The molecule has 0 unspecified atom stereocenters. The molecule has 0 spiro atoms. The van der Waals surface area contributed by atoms with Gasteiger partial charge in [0.1, 0.15) is 18.6 Å². The standard InChI is InChI=1S/C73H143NO3S/c1-4-7-10-13-16-19-22-25-28-31-34-37-40-43-46-49-52-55-58-61-64-67-70-74(73-78(75,76)77,71-68-65-62-59-56-53-50-47-44-41-38-35-32-29-26-23-20-17-14-11-8-5-2)72-69-66-63-60-57-54-51-48-45-42-39-36-33-30-27-24-21-18-15-12-9-6-3/h67-72H,4-66,73H2,1-3H3/p+1/b70-67+,71-68+,72-69+. The lowest BCUT2D eigenvalue weighted by Gasteiger charge is -2.25. The fraction of sp³-hybridized carbons (Fsp3) is 0.918. The molecule has 0 heterocycles. The molecule has 78 heavy (non-hydrogen) atoms. The maximum atomic E-state index is 12.6. The van der Waals surface area contributed by atoms with Crippen LogP contribution in [-0.4, -0.2) is 23.3 Å². The molecular formula is C73H144NO3S+. The molecule has 0 aliphatic carbocycles. The van der Waals surface area contributed by atoms with Crippen LogP contribution in [-0.2, 0) is 10.1 Å². The van der Waals surface area contributed by atoms with Gasteiger partial charge in [-0.2, -0.15) is 8.42 Å². The number of allylic oxidation sites excluding steroid dienone is 3. The van der Waals surface area contributed by atoms with Crippen LogP contribution in [0.1, 0.15) is 425 Å². The van der Waals surface area contributed by atoms with Gasteiger partial charge in [-0.25, -0.2) is 4.48 Å². The number of quaternary nitrogens is 1. The predicted molar refractivity (Wildman–Crippen MR) is 352 cm³/mol. The minimum atomic E-state index is -4.20. The van der Waals surface area contributed by atoms with Crippen molar-refractivity contribution in [2.75, 3.05) is 5.88 Å². The fourth-order valence-electron chi connectivity index (χ4n) is 11.9. The van der Waals surface area contributed by atoms with Crippen LogP contribution in [0, 0.1) is 0 Å². The molecule has 4 nitrogen and oxygen atoms in total. The average Bonchev–Trinajstić information content (AvgIpc) is 3.43. The Morgan fingerprint density at radius 1 is 0.231 bits per heavy atom. The molecular weight excluding hydrogens is 971 g/mol. The van der Waals surface area contributed by atoms with E-state index in [4.69, 9.17) is 0 Å². The van der Waals surface area contributed by atoms with Gasteiger partial charge in [-0.3, -0.25) is 4.55 Å². The maximum absolute atomic E-state index is 12.6. The van der Waals surface area contributed by atoms with Gasteiger partial charge < -0.3 is 0 Å². The molecule has 0 radical (unpaired) electrons. The molecule has 464 valence electrons. The zero-order chi connectivity index (χ0) is 56.5. The number of hydrogen-bond acceptors (Lipinski definition) is 2. The molecule has 0 saturated heterocycles. The lowest BCUT2D eigenvalue weighted by Crippen LogP contribution is -2.36. The van der Waals surface area contributed by atoms with E-state index in [0.717, 1.165) is 38.5 Å². The minimum absolute atomic E-state index is 0.0520. The average molecular weight is 1120 g/mol. The summed E-state index contributed by atoms with van der Waals surface area (Å²) in [6, 6.07) is 0. The van der Waals surface area contributed by atoms with Crippen LogP contribution in [0.2, 0.25) is 0 Å². The summed E-state index contributed by atoms with van der Waals surface area (Å²) in [4.78, 5) is 0. The second-order valence-electron chi connectivity index (χ2n) is 25.4. The van der Waals surface area contributed by atoms with Crippen LogP contribution >= 0.6 is 0 Å². The normalized spacial score (nSPS) is 12.5. The third kappa shape index (κ3) is 64.3. The van der Waals surface area contributed by atoms with Crippen LogP contribution in [0.25, 0.3) is 0 Å². The van der Waals surface area contributed by atoms with Gasteiger partial charge in [0.15, 0.2) is 0 Å². The van der Waals surface area contributed by atoms with Crippen molar-refractivity contribution in [2.45, 2.75) is 425 Å². The molecule has 5 heteroatoms. The van der Waals surface area contributed by atoms with Crippen LogP contribution in [0.4, 0.5) is 0 Å². The quantitative estimate of drug-likeness (QED) is 0.0375. The van der Waals surface area contributed by atoms with E-state index in [9.17, 15) is 13.0 Å². The predicted octanol–water partition coefficient (Wildman–Crippen LogP) is 26.8. The van der Waals surface area contributed by atoms with Gasteiger partial charge >= 0.3 is 10.1 Å². The topological polar surface area (TPSA) is 54.4 Å². The second kappa shape index (κ2) is 65.2. The summed E-state index contributed by atoms with van der Waals surface area (Å²) >= 11 is 0. The van der Waals surface area contributed by atoms with Gasteiger partial charge in [-0.1, -0.05) is 387 Å². The summed E-state index contributed by atoms with van der Waals surface area (Å²) in [5.41, 5.74) is 0. The Kier molecular flexibility index (Phi) is 64.5. The number of hydrogen-bond donors (Lipinski definition) is 1. The molecule has 0 amide bonds. The molecule has 0 aromatic rings. The molecule has 0 aromatic carbocycles. The summed E-state index contributed by atoms with van der Waals surface area (Å²) < 4.78 is 35.4. The zero-order valence-corrected chi connectivity index (χ0v) is 54.7. The van der Waals surface area contributed by atoms with Gasteiger partial charge in [-0.05, 0) is 56.8 Å². The Balaban J connectivity index is 4.62. The highest BCUT2D eigenvalue weighted by Gasteiger charge is 2.26. The van der Waals surface area contributed by atoms with Gasteiger partial charge in [0.2, 0.25) is 5.88 Å². The highest BCUT2D eigenvalue weighted by Crippen LogP contribution is 2.22. The van der Waals surface area contributed by atoms with Crippen molar-refractivity contribution in [2.24, 2.45) is 0 Å². The molecule has 0 aliphatic rings. The Labute approximate surface area is 493 Å². The summed E-state index contributed by atoms with van der Waals surface area (Å²) in [6.07, 6.45) is 98.6. The lowest BCUT2D eigenvalue weighted by molar-refractivity contribution is -0.760. The van der Waals surface area contributed by atoms with Crippen LogP contribution in [0.5, 0.6) is 0 Å². The largest absolute Gasteiger partial charge is 0.317 e. The first-order chi connectivity index (χ1) is 38.4. The fourth-order valence-corrected chi connectivity index (χ4v) is 12.7. The Morgan fingerprint density at radius 2 is 0.359 bits per heavy atom. The number of rotatable bonds is 68. The van der Waals surface area contributed by atoms with Crippen molar-refractivity contribution in [1.82, 2.24) is 0 Å². The van der Waals surface area contributed by atoms with Gasteiger partial charge in [-0.15, -0.1) is 0 Å². The molecule has 0 saturated carbocycles. The smallest absolute Gasteiger partial charge is 0.281 e. The maximum Gasteiger partial charge on any atom is 0.317 e. The van der Waals surface area contributed by atoms with E-state index in [1.165, 1.54) is 366 Å². The van der Waals surface area contributed by atoms with Crippen LogP contribution in [0.3, 0.4) is 0 Å². The molecule has 0 aromatic heterocycles. The zero-order valence-electron chi connectivity index (χ0n) is 53.8. The number of unbranched alkanes of at least 4 members (excludes halogenated alkanes) is 60. The third-order valence-electron chi connectivity index (χ3n) is 17.2. The summed E-state index contributed by atoms with van der Waals surface area (Å²) in [5.74, 6) is -0.339. The van der Waals surface area contributed by atoms with Crippen molar-refractivity contribution in [1.29, 1.82) is 0 Å². The molecule has 0 aliphatic heterocycles. The van der Waals surface area contributed by atoms with Crippen molar-refractivity contribution in [3.63, 3.8) is 0 Å². The second-order valence-corrected chi connectivity index (χ2v) is 26.8. The van der Waals surface area contributed by atoms with Crippen LogP contribution in [0.15, 0.2) is 36.8 Å². The van der Waals surface area contributed by atoms with E-state index in [2.05, 4.69) is 39.0 Å². The third-order valence-corrected chi connectivity index (χ3v) is 18.0. The molecule has 1 N–H and O–H groups in total. The van der Waals surface area contributed by atoms with Crippen molar-refractivity contribution < 1.29 is 17.5 Å². The van der Waals surface area contributed by atoms with Crippen molar-refractivity contribution in [3.8, 4) is 0 Å². The Hall–Kier alpha value is -0.910. The van der Waals surface area contributed by atoms with Crippen molar-refractivity contribution in [3.05, 3.63) is 36.8 Å². The lowest BCUT2D eigenvalue weighted by atomic mass is 10.0. The summed E-state index contributed by atoms with van der Waals surface area (Å²) in [5, 5.41) is 0. The van der Waals surface area contributed by atoms with E-state index in [-0.39, 0.29) is 10.4 Å². The van der Waals surface area contributed by atoms with Gasteiger partial charge in [0.25, 0.3) is 0 Å². The molecule has 0 bridgehead atoms. The van der Waals surface area contributed by atoms with E-state index in [0.29, 0.717) is 0 Å². The minimum Gasteiger partial charge on any atom is -0.281 e. The van der Waals surface area contributed by atoms with Crippen molar-refractivity contribution >= 4 is 10.1 Å². The highest BCUT2D eigenvalue weighted by molar-refractivity contribution is 7.85. The molecule has 0 atom stereocenters. The monoisotopic (exact) mass is 1120 g/mol. The first kappa shape index (κ1) is 77.1. The highest BCUT2D eigenvalue weighted by atomic mass is 32.2. The summed E-state index contributed by atoms with van der Waals surface area (Å²) in [7, 11) is -4.20. The van der Waals surface area contributed by atoms with Gasteiger partial charge in [0, 0.05) is 0 Å². The van der Waals surface area contributed by atoms with E-state index in [1.54, 1.807) is 0 Å². The SMILES string of the molecule is CCCCCCCCCCCCCCCCCCCCCC/C=C/[N+](/C=C/CCCCCCCCCCCCCCCCCCCCCC)(/C=C/CCCCCCCCCCCCCCCCCCCCCC)CS(=O)(=O)O. The van der Waals surface area contributed by atoms with E-state index < -0.39 is 10.1 Å². The molecule has 0 fully saturated rings. The molecule has 0 rings (SSSR count). The summed E-state index contributed by atoms with van der Waals surface area (Å²) in [6.45, 7) is 6.90. The van der Waals surface area contributed by atoms with Gasteiger partial charge in [0.05, 0.1) is 0 Å². The Bertz CT molecular complexity index is 1190. The number of nitrogens with zero attached hydrogens (tertiary/aromatic N) is 1. The first-order valence-electron chi connectivity index (χ1n) is 36.2. The Morgan fingerprint density at radius 3 is 0.487 bits per heavy atom. The first-order valence-corrected chi connectivity index (χ1v) is 37.9. The van der Waals surface area contributed by atoms with Crippen LogP contribution < -0.4 is 0 Å². The van der Waals surface area contributed by atoms with E-state index in [1.807, 2.05) is 18.6 Å².